The van der Waals surface area contributed by atoms with Crippen LogP contribution in [-0.2, 0) is 11.2 Å². The molecular formula is C22H23ClN2O3. The number of hydrogen-bond donors (Lipinski definition) is 1. The molecule has 0 bridgehead atoms. The molecule has 1 atom stereocenters. The number of aryl methyl sites for hydroxylation is 1. The first kappa shape index (κ1) is 19.0. The fourth-order valence-corrected chi connectivity index (χ4v) is 4.03. The van der Waals surface area contributed by atoms with Gasteiger partial charge in [0.1, 0.15) is 0 Å². The number of nitrogens with one attached hydrogen (secondary N) is 1. The normalized spacial score (nSPS) is 18.6. The Balaban J connectivity index is 1.50. The third-order valence-electron chi connectivity index (χ3n) is 5.29. The minimum absolute atomic E-state index is 0.0703. The highest BCUT2D eigenvalue weighted by molar-refractivity contribution is 6.31. The Morgan fingerprint density at radius 2 is 2.04 bits per heavy atom. The van der Waals surface area contributed by atoms with E-state index in [0.717, 1.165) is 43.5 Å². The third kappa shape index (κ3) is 4.05. The van der Waals surface area contributed by atoms with Crippen molar-refractivity contribution in [3.63, 3.8) is 0 Å². The van der Waals surface area contributed by atoms with Gasteiger partial charge in [-0.1, -0.05) is 17.7 Å². The lowest BCUT2D eigenvalue weighted by Crippen LogP contribution is -2.36. The molecule has 28 heavy (non-hydrogen) atoms. The Morgan fingerprint density at radius 1 is 1.14 bits per heavy atom. The minimum Gasteiger partial charge on any atom is -0.376 e. The fraction of sp³-hybridized carbons (Fsp3) is 0.364. The lowest BCUT2D eigenvalue weighted by atomic mass is 9.98. The van der Waals surface area contributed by atoms with Crippen molar-refractivity contribution >= 4 is 29.1 Å². The van der Waals surface area contributed by atoms with Crippen molar-refractivity contribution in [2.75, 3.05) is 24.6 Å². The van der Waals surface area contributed by atoms with Crippen LogP contribution in [0.5, 0.6) is 0 Å². The van der Waals surface area contributed by atoms with Crippen LogP contribution in [0.4, 0.5) is 5.69 Å². The van der Waals surface area contributed by atoms with Crippen LogP contribution in [0.3, 0.4) is 0 Å². The molecular weight excluding hydrogens is 376 g/mol. The molecule has 1 fully saturated rings. The Morgan fingerprint density at radius 3 is 2.82 bits per heavy atom. The van der Waals surface area contributed by atoms with Gasteiger partial charge < -0.3 is 15.0 Å². The second kappa shape index (κ2) is 8.33. The van der Waals surface area contributed by atoms with Crippen molar-refractivity contribution in [1.29, 1.82) is 0 Å². The molecule has 146 valence electrons. The van der Waals surface area contributed by atoms with Gasteiger partial charge in [0.05, 0.1) is 6.10 Å². The van der Waals surface area contributed by atoms with E-state index >= 15 is 0 Å². The molecule has 0 aromatic heterocycles. The first-order valence-electron chi connectivity index (χ1n) is 9.72. The maximum Gasteiger partial charge on any atom is 0.258 e. The van der Waals surface area contributed by atoms with Crippen LogP contribution >= 0.6 is 11.6 Å². The van der Waals surface area contributed by atoms with Gasteiger partial charge >= 0.3 is 0 Å². The molecule has 4 rings (SSSR count). The summed E-state index contributed by atoms with van der Waals surface area (Å²) in [6.07, 6.45) is 3.87. The van der Waals surface area contributed by atoms with Gasteiger partial charge in [0, 0.05) is 41.5 Å². The number of nitrogens with zero attached hydrogens (tertiary/aromatic N) is 1. The molecule has 0 saturated carbocycles. The van der Waals surface area contributed by atoms with E-state index in [1.807, 2.05) is 12.1 Å². The lowest BCUT2D eigenvalue weighted by molar-refractivity contribution is 0.0857. The highest BCUT2D eigenvalue weighted by atomic mass is 35.5. The summed E-state index contributed by atoms with van der Waals surface area (Å²) in [5.41, 5.74) is 3.07. The van der Waals surface area contributed by atoms with Crippen LogP contribution in [0.15, 0.2) is 42.5 Å². The topological polar surface area (TPSA) is 58.6 Å². The van der Waals surface area contributed by atoms with E-state index in [4.69, 9.17) is 16.3 Å². The summed E-state index contributed by atoms with van der Waals surface area (Å²) in [6, 6.07) is 12.6. The van der Waals surface area contributed by atoms with Gasteiger partial charge in [0.25, 0.3) is 11.8 Å². The first-order valence-corrected chi connectivity index (χ1v) is 10.1. The summed E-state index contributed by atoms with van der Waals surface area (Å²) in [5.74, 6) is -0.171. The van der Waals surface area contributed by atoms with Crippen LogP contribution in [-0.4, -0.2) is 37.6 Å². The average molecular weight is 399 g/mol. The zero-order valence-corrected chi connectivity index (χ0v) is 16.4. The third-order valence-corrected chi connectivity index (χ3v) is 5.53. The Bertz CT molecular complexity index is 893. The molecule has 2 amide bonds. The van der Waals surface area contributed by atoms with Gasteiger partial charge in [0.2, 0.25) is 0 Å². The Labute approximate surface area is 169 Å². The number of halogens is 1. The van der Waals surface area contributed by atoms with Crippen LogP contribution in [0, 0.1) is 0 Å². The monoisotopic (exact) mass is 398 g/mol. The molecule has 0 spiro atoms. The molecule has 2 heterocycles. The Kier molecular flexibility index (Phi) is 5.64. The molecule has 0 radical (unpaired) electrons. The van der Waals surface area contributed by atoms with Crippen LogP contribution < -0.4 is 10.2 Å². The van der Waals surface area contributed by atoms with Gasteiger partial charge in [-0.3, -0.25) is 9.59 Å². The molecule has 0 unspecified atom stereocenters. The number of hydrogen-bond acceptors (Lipinski definition) is 3. The molecule has 2 aliphatic rings. The number of anilines is 1. The Hall–Kier alpha value is -2.37. The van der Waals surface area contributed by atoms with Gasteiger partial charge in [-0.25, -0.2) is 0 Å². The fourth-order valence-electron chi connectivity index (χ4n) is 3.84. The van der Waals surface area contributed by atoms with Crippen molar-refractivity contribution in [2.24, 2.45) is 0 Å². The molecule has 2 aromatic carbocycles. The second-order valence-electron chi connectivity index (χ2n) is 7.26. The predicted octanol–water partition coefficient (Wildman–Crippen LogP) is 3.84. The van der Waals surface area contributed by atoms with Crippen molar-refractivity contribution in [3.05, 3.63) is 64.2 Å². The van der Waals surface area contributed by atoms with Gasteiger partial charge in [-0.05, 0) is 67.6 Å². The van der Waals surface area contributed by atoms with Crippen molar-refractivity contribution in [3.8, 4) is 0 Å². The summed E-state index contributed by atoms with van der Waals surface area (Å²) in [6.45, 7) is 1.97. The average Bonchev–Trinajstić information content (AvgIpc) is 3.24. The van der Waals surface area contributed by atoms with E-state index in [-0.39, 0.29) is 17.9 Å². The molecule has 1 N–H and O–H groups in total. The number of amides is 2. The van der Waals surface area contributed by atoms with Crippen LogP contribution in [0.2, 0.25) is 5.02 Å². The number of benzene rings is 2. The minimum atomic E-state index is -0.100. The highest BCUT2D eigenvalue weighted by Gasteiger charge is 2.25. The van der Waals surface area contributed by atoms with Crippen LogP contribution in [0.25, 0.3) is 0 Å². The predicted molar refractivity (Wildman–Crippen MR) is 109 cm³/mol. The van der Waals surface area contributed by atoms with Crippen LogP contribution in [0.1, 0.15) is 45.5 Å². The van der Waals surface area contributed by atoms with E-state index < -0.39 is 0 Å². The quantitative estimate of drug-likeness (QED) is 0.851. The number of fused-ring (bicyclic) bond motifs is 1. The number of ether oxygens (including phenoxy) is 1. The van der Waals surface area contributed by atoms with E-state index in [1.54, 1.807) is 35.2 Å². The van der Waals surface area contributed by atoms with Crippen molar-refractivity contribution in [1.82, 2.24) is 5.32 Å². The molecule has 1 saturated heterocycles. The van der Waals surface area contributed by atoms with Gasteiger partial charge in [0.15, 0.2) is 0 Å². The van der Waals surface area contributed by atoms with E-state index in [9.17, 15) is 9.59 Å². The van der Waals surface area contributed by atoms with E-state index in [2.05, 4.69) is 5.32 Å². The number of rotatable bonds is 4. The highest BCUT2D eigenvalue weighted by Crippen LogP contribution is 2.30. The van der Waals surface area contributed by atoms with Gasteiger partial charge in [-0.15, -0.1) is 0 Å². The summed E-state index contributed by atoms with van der Waals surface area (Å²) in [7, 11) is 0. The zero-order valence-electron chi connectivity index (χ0n) is 15.6. The maximum atomic E-state index is 13.0. The second-order valence-corrected chi connectivity index (χ2v) is 7.70. The standard InChI is InChI=1S/C22H23ClN2O3/c23-18-6-1-4-17(13-18)22(27)25-10-2-5-15-12-16(8-9-20(15)25)21(26)24-14-19-7-3-11-28-19/h1,4,6,8-9,12-13,19H,2-3,5,7,10-11,14H2,(H,24,26)/t19-/m1/s1. The molecule has 0 aliphatic carbocycles. The smallest absolute Gasteiger partial charge is 0.258 e. The summed E-state index contributed by atoms with van der Waals surface area (Å²) < 4.78 is 5.55. The molecule has 6 heteroatoms. The number of carbonyl (C=O) groups excluding carboxylic acids is 2. The van der Waals surface area contributed by atoms with Gasteiger partial charge in [-0.2, -0.15) is 0 Å². The van der Waals surface area contributed by atoms with Crippen molar-refractivity contribution in [2.45, 2.75) is 31.8 Å². The maximum absolute atomic E-state index is 13.0. The first-order chi connectivity index (χ1) is 13.6. The molecule has 2 aromatic rings. The van der Waals surface area contributed by atoms with E-state index in [0.29, 0.717) is 29.2 Å². The van der Waals surface area contributed by atoms with Crippen molar-refractivity contribution < 1.29 is 14.3 Å². The SMILES string of the molecule is O=C(NC[C@H]1CCCO1)c1ccc2c(c1)CCCN2C(=O)c1cccc(Cl)c1. The molecule has 5 nitrogen and oxygen atoms in total. The summed E-state index contributed by atoms with van der Waals surface area (Å²) >= 11 is 6.04. The molecule has 2 aliphatic heterocycles. The number of carbonyl (C=O) groups is 2. The summed E-state index contributed by atoms with van der Waals surface area (Å²) in [5, 5.41) is 3.50. The largest absolute Gasteiger partial charge is 0.376 e. The van der Waals surface area contributed by atoms with E-state index in [1.165, 1.54) is 0 Å². The zero-order chi connectivity index (χ0) is 19.5. The summed E-state index contributed by atoms with van der Waals surface area (Å²) in [4.78, 5) is 27.2. The lowest BCUT2D eigenvalue weighted by Gasteiger charge is -2.30.